The van der Waals surface area contributed by atoms with E-state index in [2.05, 4.69) is 16.0 Å². The molecule has 1 aliphatic heterocycles. The average molecular weight is 603 g/mol. The Morgan fingerprint density at radius 3 is 2.34 bits per heavy atom. The molecular weight excluding hydrogens is 563 g/mol. The summed E-state index contributed by atoms with van der Waals surface area (Å²) < 4.78 is 19.6. The van der Waals surface area contributed by atoms with Crippen LogP contribution in [0.2, 0.25) is 0 Å². The number of hydrogen-bond donors (Lipinski definition) is 3. The van der Waals surface area contributed by atoms with Crippen LogP contribution in [-0.4, -0.2) is 66.9 Å². The largest absolute Gasteiger partial charge is 0.491 e. The molecular formula is C34H39FN4O5. The quantitative estimate of drug-likeness (QED) is 0.400. The first-order valence-corrected chi connectivity index (χ1v) is 14.6. The molecule has 3 atom stereocenters. The van der Waals surface area contributed by atoms with Crippen LogP contribution in [0.15, 0.2) is 78.9 Å². The molecule has 10 heteroatoms. The molecule has 3 N–H and O–H groups in total. The van der Waals surface area contributed by atoms with Crippen LogP contribution in [0.5, 0.6) is 5.75 Å². The molecule has 4 rings (SSSR count). The van der Waals surface area contributed by atoms with Gasteiger partial charge in [-0.05, 0) is 48.7 Å². The maximum absolute atomic E-state index is 13.5. The molecule has 0 fully saturated rings. The molecule has 232 valence electrons. The van der Waals surface area contributed by atoms with Crippen LogP contribution < -0.4 is 20.7 Å². The molecule has 0 aromatic heterocycles. The number of para-hydroxylation sites is 1. The number of carbonyl (C=O) groups excluding carboxylic acids is 4. The Balaban J connectivity index is 1.58. The highest BCUT2D eigenvalue weighted by Gasteiger charge is 2.31. The SMILES string of the molecule is C[C@@H]1NC(=O)C[C@@H](C(=O)NCC(C)(C)c2ccc(F)cc2)NC(=O)c2ccccc2OC[C@H](Cc2ccccc2)N(C)C1=O. The van der Waals surface area contributed by atoms with Gasteiger partial charge >= 0.3 is 0 Å². The van der Waals surface area contributed by atoms with E-state index in [-0.39, 0.29) is 36.2 Å². The number of amides is 4. The van der Waals surface area contributed by atoms with Gasteiger partial charge in [-0.2, -0.15) is 0 Å². The summed E-state index contributed by atoms with van der Waals surface area (Å²) >= 11 is 0. The van der Waals surface area contributed by atoms with Crippen molar-refractivity contribution >= 4 is 23.6 Å². The lowest BCUT2D eigenvalue weighted by atomic mass is 9.84. The smallest absolute Gasteiger partial charge is 0.255 e. The van der Waals surface area contributed by atoms with Gasteiger partial charge in [0.1, 0.15) is 30.3 Å². The Labute approximate surface area is 257 Å². The van der Waals surface area contributed by atoms with E-state index in [9.17, 15) is 23.6 Å². The topological polar surface area (TPSA) is 117 Å². The van der Waals surface area contributed by atoms with E-state index in [4.69, 9.17) is 4.74 Å². The highest BCUT2D eigenvalue weighted by Crippen LogP contribution is 2.23. The molecule has 0 saturated heterocycles. The summed E-state index contributed by atoms with van der Waals surface area (Å²) in [6.07, 6.45) is 0.0982. The van der Waals surface area contributed by atoms with E-state index in [0.717, 1.165) is 11.1 Å². The highest BCUT2D eigenvalue weighted by atomic mass is 19.1. The molecule has 0 saturated carbocycles. The van der Waals surface area contributed by atoms with E-state index >= 15 is 0 Å². The van der Waals surface area contributed by atoms with Crippen molar-refractivity contribution in [2.45, 2.75) is 57.2 Å². The lowest BCUT2D eigenvalue weighted by Crippen LogP contribution is -2.54. The fourth-order valence-corrected chi connectivity index (χ4v) is 5.07. The van der Waals surface area contributed by atoms with Gasteiger partial charge in [-0.15, -0.1) is 0 Å². The number of rotatable bonds is 6. The van der Waals surface area contributed by atoms with Crippen LogP contribution in [0.25, 0.3) is 0 Å². The van der Waals surface area contributed by atoms with Crippen molar-refractivity contribution in [3.63, 3.8) is 0 Å². The van der Waals surface area contributed by atoms with Gasteiger partial charge in [-0.25, -0.2) is 4.39 Å². The van der Waals surface area contributed by atoms with Crippen molar-refractivity contribution in [3.05, 3.63) is 101 Å². The first-order valence-electron chi connectivity index (χ1n) is 14.6. The fourth-order valence-electron chi connectivity index (χ4n) is 5.07. The van der Waals surface area contributed by atoms with E-state index < -0.39 is 47.7 Å². The van der Waals surface area contributed by atoms with Crippen LogP contribution in [0.1, 0.15) is 48.7 Å². The number of halogens is 1. The van der Waals surface area contributed by atoms with Crippen LogP contribution in [0.4, 0.5) is 4.39 Å². The first kappa shape index (κ1) is 32.2. The minimum atomic E-state index is -1.24. The molecule has 0 spiro atoms. The predicted molar refractivity (Wildman–Crippen MR) is 165 cm³/mol. The van der Waals surface area contributed by atoms with E-state index in [1.165, 1.54) is 12.1 Å². The van der Waals surface area contributed by atoms with Crippen LogP contribution in [0, 0.1) is 5.82 Å². The number of nitrogens with zero attached hydrogens (tertiary/aromatic N) is 1. The Morgan fingerprint density at radius 1 is 0.977 bits per heavy atom. The number of likely N-dealkylation sites (N-methyl/N-ethyl adjacent to an activating group) is 1. The van der Waals surface area contributed by atoms with E-state index in [0.29, 0.717) is 6.42 Å². The zero-order valence-electron chi connectivity index (χ0n) is 25.4. The third-order valence-electron chi connectivity index (χ3n) is 7.86. The number of benzene rings is 3. The average Bonchev–Trinajstić information content (AvgIpc) is 3.01. The Bertz CT molecular complexity index is 1480. The predicted octanol–water partition coefficient (Wildman–Crippen LogP) is 3.38. The monoisotopic (exact) mass is 602 g/mol. The summed E-state index contributed by atoms with van der Waals surface area (Å²) in [5.74, 6) is -2.13. The Hall–Kier alpha value is -4.73. The van der Waals surface area contributed by atoms with Crippen molar-refractivity contribution in [2.75, 3.05) is 20.2 Å². The van der Waals surface area contributed by atoms with Gasteiger partial charge in [0.25, 0.3) is 5.91 Å². The number of hydrogen-bond acceptors (Lipinski definition) is 5. The molecule has 0 unspecified atom stereocenters. The van der Waals surface area contributed by atoms with Gasteiger partial charge in [0.05, 0.1) is 18.0 Å². The zero-order chi connectivity index (χ0) is 31.9. The third kappa shape index (κ3) is 8.21. The molecule has 0 aliphatic carbocycles. The minimum Gasteiger partial charge on any atom is -0.491 e. The molecule has 4 amide bonds. The van der Waals surface area contributed by atoms with Gasteiger partial charge < -0.3 is 25.6 Å². The van der Waals surface area contributed by atoms with Crippen LogP contribution in [-0.2, 0) is 26.2 Å². The molecule has 3 aromatic carbocycles. The second-order valence-electron chi connectivity index (χ2n) is 11.7. The summed E-state index contributed by atoms with van der Waals surface area (Å²) in [5, 5.41) is 8.20. The molecule has 0 radical (unpaired) electrons. The molecule has 1 aliphatic rings. The normalized spacial score (nSPS) is 20.0. The van der Waals surface area contributed by atoms with Crippen molar-refractivity contribution in [3.8, 4) is 5.75 Å². The Kier molecular flexibility index (Phi) is 10.4. The Morgan fingerprint density at radius 2 is 1.64 bits per heavy atom. The molecule has 9 nitrogen and oxygen atoms in total. The summed E-state index contributed by atoms with van der Waals surface area (Å²) in [6.45, 7) is 5.61. The molecule has 1 heterocycles. The van der Waals surface area contributed by atoms with Gasteiger partial charge in [0.15, 0.2) is 0 Å². The second kappa shape index (κ2) is 14.2. The van der Waals surface area contributed by atoms with Crippen molar-refractivity contribution in [2.24, 2.45) is 0 Å². The van der Waals surface area contributed by atoms with Crippen molar-refractivity contribution in [1.29, 1.82) is 0 Å². The van der Waals surface area contributed by atoms with Crippen molar-refractivity contribution < 1.29 is 28.3 Å². The number of nitrogens with one attached hydrogen (secondary N) is 3. The summed E-state index contributed by atoms with van der Waals surface area (Å²) in [5.41, 5.74) is 1.43. The maximum Gasteiger partial charge on any atom is 0.255 e. The van der Waals surface area contributed by atoms with Gasteiger partial charge in [-0.1, -0.05) is 68.4 Å². The van der Waals surface area contributed by atoms with Crippen LogP contribution in [0.3, 0.4) is 0 Å². The zero-order valence-corrected chi connectivity index (χ0v) is 25.4. The molecule has 3 aromatic rings. The fraction of sp³-hybridized carbons (Fsp3) is 0.353. The minimum absolute atomic E-state index is 0.0878. The number of ether oxygens (including phenoxy) is 1. The first-order chi connectivity index (χ1) is 20.9. The standard InChI is InChI=1S/C34H39FN4O5/c1-22-33(43)39(4)26(18-23-10-6-5-7-11-23)20-44-29-13-9-8-12-27(29)31(41)38-28(19-30(40)37-22)32(42)36-21-34(2,3)24-14-16-25(35)17-15-24/h5-17,22,26,28H,18-21H2,1-4H3,(H,36,42)(H,37,40)(H,38,41)/t22-,26-,28-/m0/s1. The second-order valence-corrected chi connectivity index (χ2v) is 11.7. The highest BCUT2D eigenvalue weighted by molar-refractivity contribution is 6.01. The van der Waals surface area contributed by atoms with Gasteiger partial charge in [0.2, 0.25) is 17.7 Å². The lowest BCUT2D eigenvalue weighted by molar-refractivity contribution is -0.137. The maximum atomic E-state index is 13.5. The summed E-state index contributed by atoms with van der Waals surface area (Å²) in [4.78, 5) is 55.0. The van der Waals surface area contributed by atoms with Gasteiger partial charge in [0, 0.05) is 19.0 Å². The number of fused-ring (bicyclic) bond motifs is 1. The third-order valence-corrected chi connectivity index (χ3v) is 7.86. The lowest BCUT2D eigenvalue weighted by Gasteiger charge is -2.31. The van der Waals surface area contributed by atoms with E-state index in [1.54, 1.807) is 55.3 Å². The molecule has 44 heavy (non-hydrogen) atoms. The summed E-state index contributed by atoms with van der Waals surface area (Å²) in [7, 11) is 1.66. The van der Waals surface area contributed by atoms with Gasteiger partial charge in [-0.3, -0.25) is 19.2 Å². The summed E-state index contributed by atoms with van der Waals surface area (Å²) in [6, 6.07) is 19.8. The number of carbonyl (C=O) groups is 4. The molecule has 0 bridgehead atoms. The van der Waals surface area contributed by atoms with Crippen LogP contribution >= 0.6 is 0 Å². The van der Waals surface area contributed by atoms with E-state index in [1.807, 2.05) is 44.2 Å². The van der Waals surface area contributed by atoms with Crippen molar-refractivity contribution in [1.82, 2.24) is 20.9 Å².